The van der Waals surface area contributed by atoms with Crippen molar-refractivity contribution >= 4 is 52.2 Å². The van der Waals surface area contributed by atoms with Gasteiger partial charge in [0.25, 0.3) is 0 Å². The zero-order chi connectivity index (χ0) is 23.1. The van der Waals surface area contributed by atoms with Gasteiger partial charge >= 0.3 is 6.09 Å². The number of benzene rings is 1. The predicted molar refractivity (Wildman–Crippen MR) is 121 cm³/mol. The molecule has 10 heteroatoms. The second kappa shape index (κ2) is 11.4. The molecule has 0 fully saturated rings. The molecule has 3 amide bonds. The summed E-state index contributed by atoms with van der Waals surface area (Å²) in [5.74, 6) is -1.65. The quantitative estimate of drug-likeness (QED) is 0.306. The van der Waals surface area contributed by atoms with E-state index in [1.165, 1.54) is 7.11 Å². The summed E-state index contributed by atoms with van der Waals surface area (Å²) >= 11 is 7.72. The van der Waals surface area contributed by atoms with Gasteiger partial charge in [0, 0.05) is 14.8 Å². The minimum absolute atomic E-state index is 0.231. The average Bonchev–Trinajstić information content (AvgIpc) is 2.67. The Kier molecular flexibility index (Phi) is 9.83. The first-order chi connectivity index (χ1) is 13.9. The number of ether oxygens (including phenoxy) is 1. The zero-order valence-electron chi connectivity index (χ0n) is 17.6. The summed E-state index contributed by atoms with van der Waals surface area (Å²) in [4.78, 5) is 49.3. The van der Waals surface area contributed by atoms with E-state index < -0.39 is 34.7 Å². The lowest BCUT2D eigenvalue weighted by atomic mass is 9.99. The van der Waals surface area contributed by atoms with Crippen molar-refractivity contribution < 1.29 is 23.9 Å². The van der Waals surface area contributed by atoms with E-state index >= 15 is 0 Å². The topological polar surface area (TPSA) is 114 Å². The van der Waals surface area contributed by atoms with Crippen LogP contribution in [0.15, 0.2) is 28.7 Å². The fourth-order valence-corrected chi connectivity index (χ4v) is 2.97. The molecule has 0 unspecified atom stereocenters. The van der Waals surface area contributed by atoms with E-state index in [1.54, 1.807) is 52.0 Å². The number of nitrogens with one attached hydrogen (secondary N) is 3. The van der Waals surface area contributed by atoms with Gasteiger partial charge in [-0.2, -0.15) is 12.6 Å². The first-order valence-electron chi connectivity index (χ1n) is 9.30. The normalized spacial score (nSPS) is 13.2. The number of ketones is 1. The third-order valence-corrected chi connectivity index (χ3v) is 5.04. The molecule has 0 aromatic heterocycles. The van der Waals surface area contributed by atoms with Crippen molar-refractivity contribution in [3.8, 4) is 0 Å². The number of hydrogen-bond donors (Lipinski definition) is 4. The Balaban J connectivity index is 2.86. The van der Waals surface area contributed by atoms with Gasteiger partial charge in [-0.1, -0.05) is 41.9 Å². The fourth-order valence-electron chi connectivity index (χ4n) is 2.52. The monoisotopic (exact) mass is 501 g/mol. The molecule has 0 aliphatic carbocycles. The molecule has 8 nitrogen and oxygen atoms in total. The molecular formula is C20H28BrN3O5S. The van der Waals surface area contributed by atoms with Crippen LogP contribution in [0.5, 0.6) is 0 Å². The van der Waals surface area contributed by atoms with E-state index in [0.717, 1.165) is 4.47 Å². The highest BCUT2D eigenvalue weighted by Crippen LogP contribution is 2.19. The number of thiol groups is 1. The Morgan fingerprint density at radius 3 is 2.10 bits per heavy atom. The van der Waals surface area contributed by atoms with E-state index in [4.69, 9.17) is 0 Å². The van der Waals surface area contributed by atoms with Crippen LogP contribution < -0.4 is 16.0 Å². The van der Waals surface area contributed by atoms with E-state index in [-0.39, 0.29) is 18.2 Å². The fraction of sp³-hybridized carbons (Fsp3) is 0.500. The number of alkyl carbamates (subject to hydrolysis) is 1. The van der Waals surface area contributed by atoms with Crippen molar-refractivity contribution in [2.75, 3.05) is 13.7 Å². The van der Waals surface area contributed by atoms with E-state index in [0.29, 0.717) is 5.56 Å². The van der Waals surface area contributed by atoms with Gasteiger partial charge in [0.15, 0.2) is 5.78 Å². The van der Waals surface area contributed by atoms with Crippen LogP contribution in [0.3, 0.4) is 0 Å². The van der Waals surface area contributed by atoms with Gasteiger partial charge in [-0.25, -0.2) is 4.79 Å². The van der Waals surface area contributed by atoms with Crippen LogP contribution in [0, 0.1) is 5.92 Å². The molecule has 1 aromatic rings. The van der Waals surface area contributed by atoms with E-state index in [2.05, 4.69) is 49.2 Å². The van der Waals surface area contributed by atoms with Crippen molar-refractivity contribution in [3.63, 3.8) is 0 Å². The molecule has 0 spiro atoms. The Bertz CT molecular complexity index is 778. The third kappa shape index (κ3) is 7.98. The molecular weight excluding hydrogens is 474 g/mol. The van der Waals surface area contributed by atoms with Crippen LogP contribution in [-0.2, 0) is 14.3 Å². The number of hydrogen-bond acceptors (Lipinski definition) is 6. The molecule has 0 heterocycles. The molecule has 2 atom stereocenters. The summed E-state index contributed by atoms with van der Waals surface area (Å²) in [5, 5.41) is 7.63. The van der Waals surface area contributed by atoms with Crippen molar-refractivity contribution in [1.29, 1.82) is 0 Å². The standard InChI is InChI=1S/C20H28BrN3O5S/c1-11(2)15(23-19(28)29-5)17(26)24-16(20(3,4)30)18(27)22-10-14(25)12-6-8-13(21)9-7-12/h6-9,11,15-16,30H,10H2,1-5H3,(H,22,27)(H,23,28)(H,24,26)/t15-,16+/m0/s1. The maximum Gasteiger partial charge on any atom is 0.407 e. The van der Waals surface area contributed by atoms with Crippen molar-refractivity contribution in [2.45, 2.75) is 44.5 Å². The maximum absolute atomic E-state index is 12.7. The van der Waals surface area contributed by atoms with Crippen molar-refractivity contribution in [3.05, 3.63) is 34.3 Å². The summed E-state index contributed by atoms with van der Waals surface area (Å²) < 4.78 is 4.45. The number of Topliss-reactive ketones (excluding diaryl/α,β-unsaturated/α-hetero) is 1. The Morgan fingerprint density at radius 1 is 1.07 bits per heavy atom. The zero-order valence-corrected chi connectivity index (χ0v) is 20.1. The molecule has 0 aliphatic rings. The molecule has 0 saturated carbocycles. The second-order valence-electron chi connectivity index (χ2n) is 7.60. The van der Waals surface area contributed by atoms with Crippen LogP contribution >= 0.6 is 28.6 Å². The SMILES string of the molecule is COC(=O)N[C@H](C(=O)N[C@H](C(=O)NCC(=O)c1ccc(Br)cc1)C(C)(C)S)C(C)C. The first-order valence-corrected chi connectivity index (χ1v) is 10.5. The van der Waals surface area contributed by atoms with Crippen LogP contribution in [0.1, 0.15) is 38.1 Å². The Labute approximate surface area is 190 Å². The largest absolute Gasteiger partial charge is 0.453 e. The summed E-state index contributed by atoms with van der Waals surface area (Å²) in [5.41, 5.74) is 0.450. The van der Waals surface area contributed by atoms with Gasteiger partial charge in [0.2, 0.25) is 11.8 Å². The van der Waals surface area contributed by atoms with E-state index in [9.17, 15) is 19.2 Å². The number of methoxy groups -OCH3 is 1. The number of amides is 3. The number of carbonyl (C=O) groups excluding carboxylic acids is 4. The molecule has 3 N–H and O–H groups in total. The summed E-state index contributed by atoms with van der Waals surface area (Å²) in [6.45, 7) is 6.59. The van der Waals surface area contributed by atoms with Gasteiger partial charge in [-0.15, -0.1) is 0 Å². The molecule has 166 valence electrons. The molecule has 30 heavy (non-hydrogen) atoms. The highest BCUT2D eigenvalue weighted by atomic mass is 79.9. The van der Waals surface area contributed by atoms with Crippen LogP contribution in [0.2, 0.25) is 0 Å². The minimum atomic E-state index is -1.05. The average molecular weight is 502 g/mol. The lowest BCUT2D eigenvalue weighted by Gasteiger charge is -2.31. The summed E-state index contributed by atoms with van der Waals surface area (Å²) in [6, 6.07) is 4.79. The van der Waals surface area contributed by atoms with Gasteiger partial charge in [0.05, 0.1) is 13.7 Å². The van der Waals surface area contributed by atoms with E-state index in [1.807, 2.05) is 0 Å². The Hall–Kier alpha value is -2.07. The second-order valence-corrected chi connectivity index (χ2v) is 9.67. The Morgan fingerprint density at radius 2 is 1.63 bits per heavy atom. The molecule has 0 aliphatic heterocycles. The number of halogens is 1. The van der Waals surface area contributed by atoms with Crippen LogP contribution in [-0.4, -0.2) is 54.2 Å². The molecule has 1 aromatic carbocycles. The number of carbonyl (C=O) groups is 4. The van der Waals surface area contributed by atoms with Gasteiger partial charge < -0.3 is 20.7 Å². The van der Waals surface area contributed by atoms with Gasteiger partial charge in [-0.05, 0) is 31.9 Å². The molecule has 0 saturated heterocycles. The van der Waals surface area contributed by atoms with Gasteiger partial charge in [-0.3, -0.25) is 14.4 Å². The summed E-state index contributed by atoms with van der Waals surface area (Å²) in [7, 11) is 1.19. The van der Waals surface area contributed by atoms with Crippen LogP contribution in [0.4, 0.5) is 4.79 Å². The van der Waals surface area contributed by atoms with Crippen LogP contribution in [0.25, 0.3) is 0 Å². The highest BCUT2D eigenvalue weighted by Gasteiger charge is 2.36. The summed E-state index contributed by atoms with van der Waals surface area (Å²) in [6.07, 6.45) is -0.755. The lowest BCUT2D eigenvalue weighted by molar-refractivity contribution is -0.131. The van der Waals surface area contributed by atoms with Crippen molar-refractivity contribution in [1.82, 2.24) is 16.0 Å². The lowest BCUT2D eigenvalue weighted by Crippen LogP contribution is -2.60. The molecule has 1 rings (SSSR count). The first kappa shape index (κ1) is 26.0. The molecule has 0 radical (unpaired) electrons. The highest BCUT2D eigenvalue weighted by molar-refractivity contribution is 9.10. The minimum Gasteiger partial charge on any atom is -0.453 e. The van der Waals surface area contributed by atoms with Gasteiger partial charge in [0.1, 0.15) is 12.1 Å². The van der Waals surface area contributed by atoms with Crippen molar-refractivity contribution in [2.24, 2.45) is 5.92 Å². The molecule has 0 bridgehead atoms. The third-order valence-electron chi connectivity index (χ3n) is 4.25. The maximum atomic E-state index is 12.7. The smallest absolute Gasteiger partial charge is 0.407 e. The number of rotatable bonds is 9. The predicted octanol–water partition coefficient (Wildman–Crippen LogP) is 2.32.